The van der Waals surface area contributed by atoms with Crippen LogP contribution < -0.4 is 4.31 Å². The molecule has 0 bridgehead atoms. The molecule has 0 aromatic heterocycles. The summed E-state index contributed by atoms with van der Waals surface area (Å²) >= 11 is 0. The smallest absolute Gasteiger partial charge is 0.428 e. The molecule has 0 atom stereocenters. The molecule has 0 aliphatic carbocycles. The van der Waals surface area contributed by atoms with Crippen molar-refractivity contribution in [3.8, 4) is 0 Å². The van der Waals surface area contributed by atoms with Crippen LogP contribution in [0.3, 0.4) is 0 Å². The van der Waals surface area contributed by atoms with E-state index in [1.165, 1.54) is 6.92 Å². The maximum absolute atomic E-state index is 12.2. The van der Waals surface area contributed by atoms with Gasteiger partial charge in [0.05, 0.1) is 17.5 Å². The van der Waals surface area contributed by atoms with Gasteiger partial charge in [-0.1, -0.05) is 25.5 Å². The second kappa shape index (κ2) is 7.45. The fourth-order valence-electron chi connectivity index (χ4n) is 1.84. The zero-order chi connectivity index (χ0) is 16.0. The number of carbonyl (C=O) groups is 1. The molecule has 0 aliphatic rings. The normalized spacial score (nSPS) is 11.5. The van der Waals surface area contributed by atoms with Crippen LogP contribution in [0.25, 0.3) is 0 Å². The lowest BCUT2D eigenvalue weighted by atomic mass is 10.1. The summed E-state index contributed by atoms with van der Waals surface area (Å²) in [7, 11) is -3.72. The van der Waals surface area contributed by atoms with Crippen molar-refractivity contribution in [2.24, 2.45) is 0 Å². The van der Waals surface area contributed by atoms with Crippen molar-refractivity contribution in [2.75, 3.05) is 10.1 Å². The zero-order valence-corrected chi connectivity index (χ0v) is 13.8. The number of sulfonamides is 1. The number of rotatable bonds is 6. The van der Waals surface area contributed by atoms with E-state index in [0.29, 0.717) is 5.69 Å². The molecule has 0 aliphatic heterocycles. The Balaban J connectivity index is 3.15. The number of benzene rings is 1. The SMILES string of the molecule is CCCc1ccc(N(C(=O)OC(C)C)S(=O)(=O)CC)cc1. The Hall–Kier alpha value is -1.56. The van der Waals surface area contributed by atoms with Crippen molar-refractivity contribution in [3.05, 3.63) is 29.8 Å². The van der Waals surface area contributed by atoms with Crippen LogP contribution in [0, 0.1) is 0 Å². The maximum Gasteiger partial charge on any atom is 0.428 e. The second-order valence-corrected chi connectivity index (χ2v) is 7.12. The van der Waals surface area contributed by atoms with Gasteiger partial charge in [0.25, 0.3) is 0 Å². The van der Waals surface area contributed by atoms with Crippen molar-refractivity contribution >= 4 is 21.8 Å². The van der Waals surface area contributed by atoms with Crippen LogP contribution in [-0.4, -0.2) is 26.4 Å². The first-order chi connectivity index (χ1) is 9.81. The molecular formula is C15H23NO4S. The number of hydrogen-bond donors (Lipinski definition) is 0. The molecule has 0 fully saturated rings. The molecule has 1 aromatic carbocycles. The van der Waals surface area contributed by atoms with Crippen LogP contribution in [0.1, 0.15) is 39.7 Å². The fourth-order valence-corrected chi connectivity index (χ4v) is 2.82. The van der Waals surface area contributed by atoms with Gasteiger partial charge in [0.2, 0.25) is 10.0 Å². The average Bonchev–Trinajstić information content (AvgIpc) is 2.40. The van der Waals surface area contributed by atoms with Crippen molar-refractivity contribution in [3.63, 3.8) is 0 Å². The largest absolute Gasteiger partial charge is 0.446 e. The van der Waals surface area contributed by atoms with E-state index in [4.69, 9.17) is 4.74 Å². The van der Waals surface area contributed by atoms with Crippen molar-refractivity contribution in [1.82, 2.24) is 0 Å². The summed E-state index contributed by atoms with van der Waals surface area (Å²) in [6, 6.07) is 6.94. The van der Waals surface area contributed by atoms with Gasteiger partial charge in [-0.3, -0.25) is 0 Å². The minimum Gasteiger partial charge on any atom is -0.446 e. The summed E-state index contributed by atoms with van der Waals surface area (Å²) in [6.07, 6.45) is 0.671. The van der Waals surface area contributed by atoms with Gasteiger partial charge in [-0.05, 0) is 44.9 Å². The quantitative estimate of drug-likeness (QED) is 0.808. The molecule has 5 nitrogen and oxygen atoms in total. The summed E-state index contributed by atoms with van der Waals surface area (Å²) in [5.74, 6) is -0.170. The average molecular weight is 313 g/mol. The number of aryl methyl sites for hydroxylation is 1. The molecule has 0 heterocycles. The van der Waals surface area contributed by atoms with Crippen LogP contribution in [0.15, 0.2) is 24.3 Å². The first-order valence-electron chi connectivity index (χ1n) is 7.14. The Morgan fingerprint density at radius 3 is 2.19 bits per heavy atom. The van der Waals surface area contributed by atoms with E-state index < -0.39 is 16.1 Å². The predicted octanol–water partition coefficient (Wildman–Crippen LogP) is 3.34. The first kappa shape index (κ1) is 17.5. The maximum atomic E-state index is 12.2. The van der Waals surface area contributed by atoms with E-state index in [2.05, 4.69) is 6.92 Å². The van der Waals surface area contributed by atoms with Gasteiger partial charge in [0.1, 0.15) is 0 Å². The Morgan fingerprint density at radius 1 is 1.19 bits per heavy atom. The standard InChI is InChI=1S/C15H23NO4S/c1-5-7-13-8-10-14(11-9-13)16(21(18,19)6-2)15(17)20-12(3)4/h8-12H,5-7H2,1-4H3. The number of ether oxygens (including phenoxy) is 1. The lowest BCUT2D eigenvalue weighted by Gasteiger charge is -2.22. The van der Waals surface area contributed by atoms with Gasteiger partial charge in [0.15, 0.2) is 0 Å². The monoisotopic (exact) mass is 313 g/mol. The lowest BCUT2D eigenvalue weighted by molar-refractivity contribution is 0.126. The Morgan fingerprint density at radius 2 is 1.76 bits per heavy atom. The molecular weight excluding hydrogens is 290 g/mol. The summed E-state index contributed by atoms with van der Waals surface area (Å²) in [4.78, 5) is 12.1. The van der Waals surface area contributed by atoms with Crippen LogP contribution in [0.4, 0.5) is 10.5 Å². The highest BCUT2D eigenvalue weighted by atomic mass is 32.2. The van der Waals surface area contributed by atoms with Gasteiger partial charge in [0, 0.05) is 0 Å². The Kier molecular flexibility index (Phi) is 6.20. The zero-order valence-electron chi connectivity index (χ0n) is 13.0. The molecule has 1 aromatic rings. The summed E-state index contributed by atoms with van der Waals surface area (Å²) in [6.45, 7) is 6.93. The van der Waals surface area contributed by atoms with Gasteiger partial charge in [-0.15, -0.1) is 0 Å². The molecule has 0 radical (unpaired) electrons. The third kappa shape index (κ3) is 4.74. The topological polar surface area (TPSA) is 63.7 Å². The van der Waals surface area contributed by atoms with E-state index in [1.807, 2.05) is 12.1 Å². The lowest BCUT2D eigenvalue weighted by Crippen LogP contribution is -2.39. The van der Waals surface area contributed by atoms with Crippen molar-refractivity contribution in [2.45, 2.75) is 46.6 Å². The third-order valence-corrected chi connectivity index (χ3v) is 4.50. The fraction of sp³-hybridized carbons (Fsp3) is 0.533. The minimum absolute atomic E-state index is 0.170. The van der Waals surface area contributed by atoms with Crippen molar-refractivity contribution in [1.29, 1.82) is 0 Å². The first-order valence-corrected chi connectivity index (χ1v) is 8.75. The highest BCUT2D eigenvalue weighted by Crippen LogP contribution is 2.21. The van der Waals surface area contributed by atoms with Crippen LogP contribution >= 0.6 is 0 Å². The van der Waals surface area contributed by atoms with Crippen molar-refractivity contribution < 1.29 is 17.9 Å². The van der Waals surface area contributed by atoms with E-state index in [1.54, 1.807) is 26.0 Å². The Labute approximate surface area is 127 Å². The minimum atomic E-state index is -3.72. The predicted molar refractivity (Wildman–Crippen MR) is 84.0 cm³/mol. The molecule has 6 heteroatoms. The van der Waals surface area contributed by atoms with Crippen LogP contribution in [0.5, 0.6) is 0 Å². The second-order valence-electron chi connectivity index (χ2n) is 5.01. The summed E-state index contributed by atoms with van der Waals surface area (Å²) < 4.78 is 30.1. The van der Waals surface area contributed by atoms with Crippen LogP contribution in [0.2, 0.25) is 0 Å². The third-order valence-electron chi connectivity index (χ3n) is 2.85. The number of nitrogens with zero attached hydrogens (tertiary/aromatic N) is 1. The molecule has 21 heavy (non-hydrogen) atoms. The van der Waals surface area contributed by atoms with Gasteiger partial charge < -0.3 is 4.74 Å². The molecule has 118 valence electrons. The summed E-state index contributed by atoms with van der Waals surface area (Å²) in [5.41, 5.74) is 1.41. The van der Waals surface area contributed by atoms with E-state index in [-0.39, 0.29) is 11.9 Å². The number of carbonyl (C=O) groups excluding carboxylic acids is 1. The highest BCUT2D eigenvalue weighted by molar-refractivity contribution is 7.93. The molecule has 1 amide bonds. The number of anilines is 1. The molecule has 0 unspecified atom stereocenters. The number of hydrogen-bond acceptors (Lipinski definition) is 4. The van der Waals surface area contributed by atoms with Crippen LogP contribution in [-0.2, 0) is 21.2 Å². The molecule has 0 N–H and O–H groups in total. The number of amides is 1. The van der Waals surface area contributed by atoms with E-state index in [0.717, 1.165) is 22.7 Å². The molecule has 0 spiro atoms. The van der Waals surface area contributed by atoms with E-state index in [9.17, 15) is 13.2 Å². The highest BCUT2D eigenvalue weighted by Gasteiger charge is 2.29. The molecule has 0 saturated heterocycles. The van der Waals surface area contributed by atoms with Gasteiger partial charge in [-0.2, -0.15) is 4.31 Å². The molecule has 0 saturated carbocycles. The van der Waals surface area contributed by atoms with E-state index >= 15 is 0 Å². The molecule has 1 rings (SSSR count). The summed E-state index contributed by atoms with van der Waals surface area (Å²) in [5, 5.41) is 0. The Bertz CT molecular complexity index is 564. The van der Waals surface area contributed by atoms with Gasteiger partial charge in [-0.25, -0.2) is 13.2 Å². The van der Waals surface area contributed by atoms with Gasteiger partial charge >= 0.3 is 6.09 Å².